The summed E-state index contributed by atoms with van der Waals surface area (Å²) >= 11 is 11.9. The van der Waals surface area contributed by atoms with E-state index in [1.54, 1.807) is 36.4 Å². The molecule has 2 aromatic carbocycles. The molecule has 0 heterocycles. The van der Waals surface area contributed by atoms with E-state index < -0.39 is 11.7 Å². The molecule has 126 valence electrons. The Morgan fingerprint density at radius 3 is 2.50 bits per heavy atom. The second-order valence-corrected chi connectivity index (χ2v) is 5.90. The van der Waals surface area contributed by atoms with Gasteiger partial charge in [0.2, 0.25) is 11.8 Å². The van der Waals surface area contributed by atoms with Gasteiger partial charge < -0.3 is 10.2 Å². The molecule has 4 nitrogen and oxygen atoms in total. The fourth-order valence-corrected chi connectivity index (χ4v) is 2.42. The first kappa shape index (κ1) is 18.2. The van der Waals surface area contributed by atoms with Crippen LogP contribution in [0.4, 0.5) is 10.1 Å². The third kappa shape index (κ3) is 4.69. The normalized spacial score (nSPS) is 10.3. The van der Waals surface area contributed by atoms with E-state index in [9.17, 15) is 14.0 Å². The Bertz CT molecular complexity index is 768. The molecular formula is C17H15Cl2FN2O2. The van der Waals surface area contributed by atoms with Gasteiger partial charge in [0, 0.05) is 19.0 Å². The Morgan fingerprint density at radius 2 is 1.83 bits per heavy atom. The highest BCUT2D eigenvalue weighted by atomic mass is 35.5. The Morgan fingerprint density at radius 1 is 1.12 bits per heavy atom. The molecule has 0 spiro atoms. The van der Waals surface area contributed by atoms with Gasteiger partial charge in [-0.3, -0.25) is 9.59 Å². The van der Waals surface area contributed by atoms with Gasteiger partial charge in [0.15, 0.2) is 0 Å². The van der Waals surface area contributed by atoms with E-state index >= 15 is 0 Å². The molecular weight excluding hydrogens is 354 g/mol. The van der Waals surface area contributed by atoms with Gasteiger partial charge in [0.05, 0.1) is 15.7 Å². The topological polar surface area (TPSA) is 49.4 Å². The number of nitrogens with one attached hydrogen (secondary N) is 1. The number of carbonyl (C=O) groups is 2. The molecule has 1 N–H and O–H groups in total. The van der Waals surface area contributed by atoms with Crippen molar-refractivity contribution in [3.63, 3.8) is 0 Å². The lowest BCUT2D eigenvalue weighted by atomic mass is 10.2. The first-order valence-corrected chi connectivity index (χ1v) is 7.87. The fourth-order valence-electron chi connectivity index (χ4n) is 2.07. The summed E-state index contributed by atoms with van der Waals surface area (Å²) in [5, 5.41) is 3.12. The Balaban J connectivity index is 2.07. The standard InChI is InChI=1S/C17H15Cl2FN2O2/c1-11(23)22(9-12-5-2-3-7-14(12)20)10-16(24)21-15-8-4-6-13(18)17(15)19/h2-8H,9-10H2,1H3,(H,21,24). The zero-order valence-corrected chi connectivity index (χ0v) is 14.4. The average Bonchev–Trinajstić information content (AvgIpc) is 2.53. The van der Waals surface area contributed by atoms with Crippen LogP contribution in [-0.4, -0.2) is 23.3 Å². The molecule has 0 radical (unpaired) electrons. The first-order chi connectivity index (χ1) is 11.4. The van der Waals surface area contributed by atoms with Gasteiger partial charge in [-0.1, -0.05) is 47.5 Å². The SMILES string of the molecule is CC(=O)N(CC(=O)Nc1cccc(Cl)c1Cl)Cc1ccccc1F. The third-order valence-electron chi connectivity index (χ3n) is 3.32. The summed E-state index contributed by atoms with van der Waals surface area (Å²) in [6.07, 6.45) is 0. The maximum Gasteiger partial charge on any atom is 0.244 e. The summed E-state index contributed by atoms with van der Waals surface area (Å²) in [6, 6.07) is 10.9. The number of nitrogens with zero attached hydrogens (tertiary/aromatic N) is 1. The van der Waals surface area contributed by atoms with Crippen molar-refractivity contribution in [2.24, 2.45) is 0 Å². The molecule has 0 atom stereocenters. The van der Waals surface area contributed by atoms with Gasteiger partial charge >= 0.3 is 0 Å². The average molecular weight is 369 g/mol. The van der Waals surface area contributed by atoms with E-state index in [4.69, 9.17) is 23.2 Å². The van der Waals surface area contributed by atoms with Crippen LogP contribution in [0.15, 0.2) is 42.5 Å². The van der Waals surface area contributed by atoms with Crippen molar-refractivity contribution in [1.29, 1.82) is 0 Å². The van der Waals surface area contributed by atoms with Crippen LogP contribution in [0.5, 0.6) is 0 Å². The molecule has 0 fully saturated rings. The number of benzene rings is 2. The van der Waals surface area contributed by atoms with Gasteiger partial charge in [0.25, 0.3) is 0 Å². The summed E-state index contributed by atoms with van der Waals surface area (Å²) in [4.78, 5) is 25.2. The van der Waals surface area contributed by atoms with Crippen LogP contribution in [0.25, 0.3) is 0 Å². The van der Waals surface area contributed by atoms with Crippen molar-refractivity contribution in [3.8, 4) is 0 Å². The molecule has 7 heteroatoms. The third-order valence-corrected chi connectivity index (χ3v) is 4.14. The Labute approximate surface area is 149 Å². The quantitative estimate of drug-likeness (QED) is 0.862. The van der Waals surface area contributed by atoms with Crippen LogP contribution in [0, 0.1) is 5.82 Å². The monoisotopic (exact) mass is 368 g/mol. The van der Waals surface area contributed by atoms with E-state index in [1.807, 2.05) is 0 Å². The van der Waals surface area contributed by atoms with Crippen molar-refractivity contribution >= 4 is 40.7 Å². The number of hydrogen-bond donors (Lipinski definition) is 1. The van der Waals surface area contributed by atoms with Crippen molar-refractivity contribution in [3.05, 3.63) is 63.9 Å². The molecule has 2 aromatic rings. The molecule has 2 rings (SSSR count). The highest BCUT2D eigenvalue weighted by Gasteiger charge is 2.17. The summed E-state index contributed by atoms with van der Waals surface area (Å²) in [7, 11) is 0. The van der Waals surface area contributed by atoms with E-state index in [0.29, 0.717) is 16.3 Å². The summed E-state index contributed by atoms with van der Waals surface area (Å²) < 4.78 is 13.7. The number of amides is 2. The molecule has 0 saturated heterocycles. The number of hydrogen-bond acceptors (Lipinski definition) is 2. The minimum absolute atomic E-state index is 0.00129. The second kappa shape index (κ2) is 8.13. The van der Waals surface area contributed by atoms with E-state index in [-0.39, 0.29) is 24.0 Å². The molecule has 0 saturated carbocycles. The number of rotatable bonds is 5. The van der Waals surface area contributed by atoms with Crippen molar-refractivity contribution < 1.29 is 14.0 Å². The lowest BCUT2D eigenvalue weighted by Gasteiger charge is -2.21. The van der Waals surface area contributed by atoms with Gasteiger partial charge in [0.1, 0.15) is 12.4 Å². The van der Waals surface area contributed by atoms with Gasteiger partial charge in [-0.25, -0.2) is 4.39 Å². The molecule has 0 unspecified atom stereocenters. The van der Waals surface area contributed by atoms with E-state index in [2.05, 4.69) is 5.32 Å². The fraction of sp³-hybridized carbons (Fsp3) is 0.176. The predicted octanol–water partition coefficient (Wildman–Crippen LogP) is 4.12. The summed E-state index contributed by atoms with van der Waals surface area (Å²) in [5.74, 6) is -1.22. The lowest BCUT2D eigenvalue weighted by molar-refractivity contribution is -0.133. The molecule has 0 bridgehead atoms. The van der Waals surface area contributed by atoms with Crippen molar-refractivity contribution in [2.45, 2.75) is 13.5 Å². The van der Waals surface area contributed by atoms with Gasteiger partial charge in [-0.2, -0.15) is 0 Å². The van der Waals surface area contributed by atoms with Crippen LogP contribution in [0.2, 0.25) is 10.0 Å². The first-order valence-electron chi connectivity index (χ1n) is 7.11. The summed E-state index contributed by atoms with van der Waals surface area (Å²) in [5.41, 5.74) is 0.685. The second-order valence-electron chi connectivity index (χ2n) is 5.12. The van der Waals surface area contributed by atoms with Crippen molar-refractivity contribution in [2.75, 3.05) is 11.9 Å². The van der Waals surface area contributed by atoms with Gasteiger partial charge in [-0.15, -0.1) is 0 Å². The minimum atomic E-state index is -0.453. The molecule has 0 aliphatic heterocycles. The maximum atomic E-state index is 13.7. The highest BCUT2D eigenvalue weighted by Crippen LogP contribution is 2.29. The zero-order valence-electron chi connectivity index (χ0n) is 12.9. The molecule has 0 aliphatic rings. The summed E-state index contributed by atoms with van der Waals surface area (Å²) in [6.45, 7) is 1.09. The molecule has 0 aliphatic carbocycles. The lowest BCUT2D eigenvalue weighted by Crippen LogP contribution is -2.36. The number of carbonyl (C=O) groups excluding carboxylic acids is 2. The van der Waals surface area contributed by atoms with Crippen LogP contribution in [-0.2, 0) is 16.1 Å². The maximum absolute atomic E-state index is 13.7. The number of anilines is 1. The van der Waals surface area contributed by atoms with E-state index in [0.717, 1.165) is 0 Å². The van der Waals surface area contributed by atoms with Crippen LogP contribution < -0.4 is 5.32 Å². The highest BCUT2D eigenvalue weighted by molar-refractivity contribution is 6.44. The molecule has 0 aromatic heterocycles. The van der Waals surface area contributed by atoms with Gasteiger partial charge in [-0.05, 0) is 18.2 Å². The predicted molar refractivity (Wildman–Crippen MR) is 92.6 cm³/mol. The molecule has 24 heavy (non-hydrogen) atoms. The molecule has 2 amide bonds. The smallest absolute Gasteiger partial charge is 0.244 e. The zero-order chi connectivity index (χ0) is 17.7. The number of halogens is 3. The van der Waals surface area contributed by atoms with Crippen molar-refractivity contribution in [1.82, 2.24) is 4.90 Å². The van der Waals surface area contributed by atoms with Crippen LogP contribution in [0.3, 0.4) is 0 Å². The minimum Gasteiger partial charge on any atom is -0.329 e. The van der Waals surface area contributed by atoms with E-state index in [1.165, 1.54) is 17.9 Å². The van der Waals surface area contributed by atoms with Crippen LogP contribution >= 0.6 is 23.2 Å². The van der Waals surface area contributed by atoms with Crippen LogP contribution in [0.1, 0.15) is 12.5 Å². The largest absolute Gasteiger partial charge is 0.329 e. The Hall–Kier alpha value is -2.11. The Kier molecular flexibility index (Phi) is 6.17.